The summed E-state index contributed by atoms with van der Waals surface area (Å²) in [6, 6.07) is 12.2. The maximum absolute atomic E-state index is 14.5. The lowest BCUT2D eigenvalue weighted by Gasteiger charge is -2.36. The van der Waals surface area contributed by atoms with E-state index in [1.54, 1.807) is 6.92 Å². The maximum atomic E-state index is 14.5. The molecule has 10 heteroatoms. The van der Waals surface area contributed by atoms with Gasteiger partial charge >= 0.3 is 0 Å². The number of nitrogens with two attached hydrogens (primary N) is 1. The van der Waals surface area contributed by atoms with E-state index in [-0.39, 0.29) is 41.7 Å². The second-order valence-corrected chi connectivity index (χ2v) is 8.10. The van der Waals surface area contributed by atoms with Crippen molar-refractivity contribution in [2.24, 2.45) is 10.8 Å². The lowest BCUT2D eigenvalue weighted by atomic mass is 9.99. The van der Waals surface area contributed by atoms with Gasteiger partial charge in [-0.2, -0.15) is 5.10 Å². The molecule has 31 heavy (non-hydrogen) atoms. The highest BCUT2D eigenvalue weighted by Crippen LogP contribution is 2.50. The van der Waals surface area contributed by atoms with Gasteiger partial charge in [-0.25, -0.2) is 13.8 Å². The van der Waals surface area contributed by atoms with E-state index in [1.807, 2.05) is 30.3 Å². The average Bonchev–Trinajstić information content (AvgIpc) is 3.14. The average molecular weight is 469 g/mol. The fraction of sp³-hybridized carbons (Fsp3) is 0.286. The number of ether oxygens (including phenoxy) is 1. The van der Waals surface area contributed by atoms with E-state index in [1.165, 1.54) is 12.1 Å². The normalized spacial score (nSPS) is 18.8. The number of hydrazone groups is 1. The molecule has 1 amide bonds. The molecule has 3 rings (SSSR count). The largest absolute Gasteiger partial charge is 0.388 e. The molecule has 0 spiro atoms. The summed E-state index contributed by atoms with van der Waals surface area (Å²) in [5.41, 5.74) is 6.29. The van der Waals surface area contributed by atoms with Crippen LogP contribution in [0.4, 0.5) is 8.78 Å². The number of hydrogen-bond acceptors (Lipinski definition) is 5. The molecule has 1 aliphatic heterocycles. The summed E-state index contributed by atoms with van der Waals surface area (Å²) in [4.78, 5) is 12.1. The standard InChI is InChI=1S/C21H22F2N4O2S.ClH/c1-13(29-2)20(28)27-21(11-10-18(24)25,14-6-4-3-5-7-14)30-19(26-27)16-12-15(22)8-9-17(16)23;/h3-9,12-13H,10-11H2,1-2H3,(H3,24,25);1H/t13-,21?;/m0./s1. The third kappa shape index (κ3) is 5.06. The molecule has 166 valence electrons. The number of methoxy groups -OCH3 is 1. The number of benzene rings is 2. The minimum Gasteiger partial charge on any atom is -0.388 e. The fourth-order valence-electron chi connectivity index (χ4n) is 3.15. The Hall–Kier alpha value is -2.49. The Morgan fingerprint density at radius 1 is 1.29 bits per heavy atom. The van der Waals surface area contributed by atoms with Crippen LogP contribution in [0.2, 0.25) is 0 Å². The topological polar surface area (TPSA) is 91.8 Å². The first-order valence-electron chi connectivity index (χ1n) is 9.27. The second-order valence-electron chi connectivity index (χ2n) is 6.83. The van der Waals surface area contributed by atoms with Crippen LogP contribution in [0.3, 0.4) is 0 Å². The van der Waals surface area contributed by atoms with Gasteiger partial charge in [-0.05, 0) is 37.1 Å². The highest BCUT2D eigenvalue weighted by molar-refractivity contribution is 8.15. The van der Waals surface area contributed by atoms with Crippen molar-refractivity contribution in [1.29, 1.82) is 5.41 Å². The van der Waals surface area contributed by atoms with Gasteiger partial charge in [0.1, 0.15) is 27.7 Å². The van der Waals surface area contributed by atoms with Crippen molar-refractivity contribution in [2.75, 3.05) is 7.11 Å². The van der Waals surface area contributed by atoms with E-state index in [2.05, 4.69) is 5.10 Å². The summed E-state index contributed by atoms with van der Waals surface area (Å²) < 4.78 is 33.5. The zero-order valence-corrected chi connectivity index (χ0v) is 18.6. The summed E-state index contributed by atoms with van der Waals surface area (Å²) in [5.74, 6) is -1.75. The monoisotopic (exact) mass is 468 g/mol. The zero-order chi connectivity index (χ0) is 21.9. The molecule has 2 atom stereocenters. The van der Waals surface area contributed by atoms with Crippen molar-refractivity contribution < 1.29 is 18.3 Å². The number of amides is 1. The van der Waals surface area contributed by atoms with Crippen LogP contribution in [0.5, 0.6) is 0 Å². The quantitative estimate of drug-likeness (QED) is 0.470. The van der Waals surface area contributed by atoms with Crippen molar-refractivity contribution in [3.63, 3.8) is 0 Å². The molecule has 6 nitrogen and oxygen atoms in total. The summed E-state index contributed by atoms with van der Waals surface area (Å²) in [5, 5.41) is 13.5. The Bertz CT molecular complexity index is 993. The molecule has 0 radical (unpaired) electrons. The van der Waals surface area contributed by atoms with Crippen LogP contribution >= 0.6 is 24.2 Å². The van der Waals surface area contributed by atoms with Crippen molar-refractivity contribution >= 4 is 41.0 Å². The van der Waals surface area contributed by atoms with Gasteiger partial charge < -0.3 is 10.5 Å². The fourth-order valence-corrected chi connectivity index (χ4v) is 4.53. The molecule has 0 bridgehead atoms. The zero-order valence-electron chi connectivity index (χ0n) is 17.0. The number of carbonyl (C=O) groups is 1. The van der Waals surface area contributed by atoms with Gasteiger partial charge in [0, 0.05) is 19.1 Å². The summed E-state index contributed by atoms with van der Waals surface area (Å²) in [6.45, 7) is 1.59. The number of thioether (sulfide) groups is 1. The molecular formula is C21H23ClF2N4O2S. The van der Waals surface area contributed by atoms with E-state index < -0.39 is 28.5 Å². The number of halogens is 3. The van der Waals surface area contributed by atoms with Gasteiger partial charge in [-0.1, -0.05) is 42.1 Å². The third-order valence-electron chi connectivity index (χ3n) is 4.83. The van der Waals surface area contributed by atoms with Crippen LogP contribution in [0, 0.1) is 17.0 Å². The Morgan fingerprint density at radius 2 is 1.97 bits per heavy atom. The molecular weight excluding hydrogens is 446 g/mol. The van der Waals surface area contributed by atoms with Crippen LogP contribution in [0.1, 0.15) is 30.9 Å². The minimum atomic E-state index is -1.09. The first-order chi connectivity index (χ1) is 14.3. The predicted molar refractivity (Wildman–Crippen MR) is 120 cm³/mol. The van der Waals surface area contributed by atoms with Gasteiger partial charge in [0.25, 0.3) is 5.91 Å². The minimum absolute atomic E-state index is 0. The molecule has 1 aliphatic rings. The Labute approximate surface area is 189 Å². The number of carbonyl (C=O) groups excluding carboxylic acids is 1. The number of nitrogens with one attached hydrogen (secondary N) is 1. The van der Waals surface area contributed by atoms with Gasteiger partial charge in [0.05, 0.1) is 5.84 Å². The first kappa shape index (κ1) is 24.8. The Morgan fingerprint density at radius 3 is 2.58 bits per heavy atom. The van der Waals surface area contributed by atoms with E-state index >= 15 is 0 Å². The van der Waals surface area contributed by atoms with Crippen LogP contribution < -0.4 is 5.73 Å². The number of rotatable bonds is 7. The molecule has 1 unspecified atom stereocenters. The molecule has 2 aromatic rings. The van der Waals surface area contributed by atoms with E-state index in [4.69, 9.17) is 15.9 Å². The van der Waals surface area contributed by atoms with Crippen molar-refractivity contribution in [3.05, 3.63) is 71.3 Å². The lowest BCUT2D eigenvalue weighted by Crippen LogP contribution is -2.46. The third-order valence-corrected chi connectivity index (χ3v) is 6.27. The molecule has 1 heterocycles. The van der Waals surface area contributed by atoms with Gasteiger partial charge in [0.2, 0.25) is 0 Å². The van der Waals surface area contributed by atoms with E-state index in [9.17, 15) is 13.6 Å². The summed E-state index contributed by atoms with van der Waals surface area (Å²) in [7, 11) is 1.41. The highest BCUT2D eigenvalue weighted by atomic mass is 35.5. The number of hydrogen-bond donors (Lipinski definition) is 2. The Kier molecular flexibility index (Phi) is 8.16. The molecule has 0 aromatic heterocycles. The van der Waals surface area contributed by atoms with Crippen molar-refractivity contribution in [1.82, 2.24) is 5.01 Å². The van der Waals surface area contributed by atoms with Gasteiger partial charge in [-0.3, -0.25) is 10.2 Å². The predicted octanol–water partition coefficient (Wildman–Crippen LogP) is 4.23. The van der Waals surface area contributed by atoms with Crippen molar-refractivity contribution in [3.8, 4) is 0 Å². The van der Waals surface area contributed by atoms with E-state index in [0.717, 1.165) is 35.5 Å². The van der Waals surface area contributed by atoms with Gasteiger partial charge in [0.15, 0.2) is 0 Å². The molecule has 0 saturated heterocycles. The lowest BCUT2D eigenvalue weighted by molar-refractivity contribution is -0.144. The molecule has 0 saturated carbocycles. The highest BCUT2D eigenvalue weighted by Gasteiger charge is 2.49. The number of nitrogens with zero attached hydrogens (tertiary/aromatic N) is 2. The molecule has 0 fully saturated rings. The van der Waals surface area contributed by atoms with Gasteiger partial charge in [-0.15, -0.1) is 12.4 Å². The van der Waals surface area contributed by atoms with Crippen molar-refractivity contribution in [2.45, 2.75) is 30.7 Å². The molecule has 0 aliphatic carbocycles. The summed E-state index contributed by atoms with van der Waals surface area (Å²) in [6.07, 6.45) is -0.378. The Balaban J connectivity index is 0.00000341. The molecule has 3 N–H and O–H groups in total. The maximum Gasteiger partial charge on any atom is 0.273 e. The smallest absolute Gasteiger partial charge is 0.273 e. The van der Waals surface area contributed by atoms with Crippen LogP contribution in [0.15, 0.2) is 53.6 Å². The van der Waals surface area contributed by atoms with Crippen LogP contribution in [0.25, 0.3) is 0 Å². The summed E-state index contributed by atoms with van der Waals surface area (Å²) >= 11 is 1.13. The second kappa shape index (κ2) is 10.2. The first-order valence-corrected chi connectivity index (χ1v) is 10.1. The van der Waals surface area contributed by atoms with E-state index in [0.29, 0.717) is 0 Å². The van der Waals surface area contributed by atoms with Crippen LogP contribution in [-0.4, -0.2) is 35.0 Å². The molecule has 2 aromatic carbocycles. The van der Waals surface area contributed by atoms with Crippen LogP contribution in [-0.2, 0) is 14.4 Å². The SMILES string of the molecule is CO[C@@H](C)C(=O)N1N=C(c2cc(F)ccc2F)SC1(CCC(=N)N)c1ccccc1.Cl. The number of amidine groups is 1.